The summed E-state index contributed by atoms with van der Waals surface area (Å²) >= 11 is 0. The van der Waals surface area contributed by atoms with Crippen LogP contribution in [0.15, 0.2) is 66.7 Å². The molecule has 3 rings (SSSR count). The number of aromatic nitrogens is 2. The van der Waals surface area contributed by atoms with E-state index in [9.17, 15) is 4.79 Å². The molecule has 144 valence electrons. The highest BCUT2D eigenvalue weighted by Gasteiger charge is 2.10. The third-order valence-electron chi connectivity index (χ3n) is 4.33. The van der Waals surface area contributed by atoms with Gasteiger partial charge in [0.15, 0.2) is 11.5 Å². The highest BCUT2D eigenvalue weighted by atomic mass is 16.5. The highest BCUT2D eigenvalue weighted by Crippen LogP contribution is 2.18. The van der Waals surface area contributed by atoms with Crippen molar-refractivity contribution in [3.8, 4) is 5.75 Å². The Hall–Kier alpha value is -3.41. The second kappa shape index (κ2) is 9.50. The van der Waals surface area contributed by atoms with Crippen molar-refractivity contribution >= 4 is 17.4 Å². The number of nitrogens with one attached hydrogen (secondary N) is 1. The summed E-state index contributed by atoms with van der Waals surface area (Å²) in [7, 11) is 0. The Bertz CT molecular complexity index is 877. The summed E-state index contributed by atoms with van der Waals surface area (Å²) in [6.07, 6.45) is 0. The SMILES string of the molecule is CCN(CC)c1ccc(C(=O)Nc2ccc(OCc3ccccc3)cc2)nn1. The highest BCUT2D eigenvalue weighted by molar-refractivity contribution is 6.02. The Kier molecular flexibility index (Phi) is 6.57. The van der Waals surface area contributed by atoms with Crippen molar-refractivity contribution in [2.75, 3.05) is 23.3 Å². The van der Waals surface area contributed by atoms with Crippen LogP contribution >= 0.6 is 0 Å². The van der Waals surface area contributed by atoms with Crippen molar-refractivity contribution in [2.24, 2.45) is 0 Å². The molecule has 0 unspecified atom stereocenters. The first-order valence-electron chi connectivity index (χ1n) is 9.36. The minimum Gasteiger partial charge on any atom is -0.489 e. The lowest BCUT2D eigenvalue weighted by molar-refractivity contribution is 0.102. The average molecular weight is 376 g/mol. The molecule has 0 radical (unpaired) electrons. The fourth-order valence-corrected chi connectivity index (χ4v) is 2.73. The van der Waals surface area contributed by atoms with Crippen molar-refractivity contribution < 1.29 is 9.53 Å². The zero-order valence-corrected chi connectivity index (χ0v) is 16.1. The van der Waals surface area contributed by atoms with Gasteiger partial charge in [-0.25, -0.2) is 0 Å². The zero-order valence-electron chi connectivity index (χ0n) is 16.1. The van der Waals surface area contributed by atoms with Gasteiger partial charge >= 0.3 is 0 Å². The summed E-state index contributed by atoms with van der Waals surface area (Å²) in [4.78, 5) is 14.4. The summed E-state index contributed by atoms with van der Waals surface area (Å²) in [6.45, 7) is 6.30. The van der Waals surface area contributed by atoms with E-state index in [1.165, 1.54) is 0 Å². The number of ether oxygens (including phenoxy) is 1. The molecule has 0 saturated carbocycles. The van der Waals surface area contributed by atoms with Crippen LogP contribution in [0.1, 0.15) is 29.9 Å². The molecule has 1 N–H and O–H groups in total. The molecule has 0 aliphatic rings. The second-order valence-electron chi connectivity index (χ2n) is 6.20. The zero-order chi connectivity index (χ0) is 19.8. The van der Waals surface area contributed by atoms with Crippen LogP contribution in [0.25, 0.3) is 0 Å². The fourth-order valence-electron chi connectivity index (χ4n) is 2.73. The molecule has 6 nitrogen and oxygen atoms in total. The van der Waals surface area contributed by atoms with Gasteiger partial charge in [0.05, 0.1) is 0 Å². The van der Waals surface area contributed by atoms with Crippen molar-refractivity contribution in [3.63, 3.8) is 0 Å². The van der Waals surface area contributed by atoms with Crippen LogP contribution in [-0.2, 0) is 6.61 Å². The number of amides is 1. The van der Waals surface area contributed by atoms with Crippen LogP contribution in [0, 0.1) is 0 Å². The Morgan fingerprint density at radius 2 is 1.64 bits per heavy atom. The minimum atomic E-state index is -0.295. The van der Waals surface area contributed by atoms with Crippen LogP contribution in [0.4, 0.5) is 11.5 Å². The molecule has 0 aliphatic carbocycles. The topological polar surface area (TPSA) is 67.4 Å². The molecule has 0 fully saturated rings. The average Bonchev–Trinajstić information content (AvgIpc) is 2.75. The number of anilines is 2. The summed E-state index contributed by atoms with van der Waals surface area (Å²) in [6, 6.07) is 20.7. The van der Waals surface area contributed by atoms with E-state index >= 15 is 0 Å². The van der Waals surface area contributed by atoms with Gasteiger partial charge in [0.25, 0.3) is 5.91 Å². The van der Waals surface area contributed by atoms with Gasteiger partial charge in [-0.3, -0.25) is 4.79 Å². The van der Waals surface area contributed by atoms with Gasteiger partial charge in [-0.05, 0) is 55.8 Å². The molecule has 1 aromatic heterocycles. The molecule has 0 atom stereocenters. The molecule has 3 aromatic rings. The van der Waals surface area contributed by atoms with Gasteiger partial charge in [0, 0.05) is 18.8 Å². The maximum absolute atomic E-state index is 12.4. The lowest BCUT2D eigenvalue weighted by Gasteiger charge is -2.18. The number of hydrogen-bond acceptors (Lipinski definition) is 5. The van der Waals surface area contributed by atoms with Crippen molar-refractivity contribution in [3.05, 3.63) is 78.0 Å². The monoisotopic (exact) mass is 376 g/mol. The first kappa shape index (κ1) is 19.4. The van der Waals surface area contributed by atoms with Gasteiger partial charge in [-0.15, -0.1) is 10.2 Å². The van der Waals surface area contributed by atoms with Crippen molar-refractivity contribution in [1.82, 2.24) is 10.2 Å². The molecule has 0 saturated heterocycles. The molecule has 1 amide bonds. The van der Waals surface area contributed by atoms with E-state index < -0.39 is 0 Å². The van der Waals surface area contributed by atoms with Crippen LogP contribution in [0.2, 0.25) is 0 Å². The maximum Gasteiger partial charge on any atom is 0.276 e. The Morgan fingerprint density at radius 1 is 0.929 bits per heavy atom. The Balaban J connectivity index is 1.56. The molecule has 2 aromatic carbocycles. The Morgan fingerprint density at radius 3 is 2.25 bits per heavy atom. The van der Waals surface area contributed by atoms with Gasteiger partial charge in [-0.1, -0.05) is 30.3 Å². The van der Waals surface area contributed by atoms with E-state index in [0.29, 0.717) is 12.3 Å². The van der Waals surface area contributed by atoms with Gasteiger partial charge in [0.1, 0.15) is 12.4 Å². The number of rotatable bonds is 8. The standard InChI is InChI=1S/C22H24N4O2/c1-3-26(4-2)21-15-14-20(24-25-21)22(27)23-18-10-12-19(13-11-18)28-16-17-8-6-5-7-9-17/h5-15H,3-4,16H2,1-2H3,(H,23,27). The van der Waals surface area contributed by atoms with Gasteiger partial charge in [-0.2, -0.15) is 0 Å². The summed E-state index contributed by atoms with van der Waals surface area (Å²) in [5, 5.41) is 11.0. The van der Waals surface area contributed by atoms with E-state index in [1.54, 1.807) is 18.2 Å². The molecular formula is C22H24N4O2. The van der Waals surface area contributed by atoms with Crippen LogP contribution in [-0.4, -0.2) is 29.2 Å². The fraction of sp³-hybridized carbons (Fsp3) is 0.227. The number of carbonyl (C=O) groups is 1. The first-order valence-corrected chi connectivity index (χ1v) is 9.36. The lowest BCUT2D eigenvalue weighted by Crippen LogP contribution is -2.24. The summed E-state index contributed by atoms with van der Waals surface area (Å²) in [5.41, 5.74) is 2.05. The second-order valence-corrected chi connectivity index (χ2v) is 6.20. The van der Waals surface area contributed by atoms with Crippen molar-refractivity contribution in [2.45, 2.75) is 20.5 Å². The predicted octanol–water partition coefficient (Wildman–Crippen LogP) is 4.15. The number of benzene rings is 2. The third kappa shape index (κ3) is 5.07. The van der Waals surface area contributed by atoms with Gasteiger partial charge < -0.3 is 15.0 Å². The normalized spacial score (nSPS) is 10.4. The minimum absolute atomic E-state index is 0.278. The molecule has 28 heavy (non-hydrogen) atoms. The summed E-state index contributed by atoms with van der Waals surface area (Å²) in [5.74, 6) is 1.21. The van der Waals surface area contributed by atoms with Crippen LogP contribution in [0.5, 0.6) is 5.75 Å². The third-order valence-corrected chi connectivity index (χ3v) is 4.33. The van der Waals surface area contributed by atoms with E-state index in [0.717, 1.165) is 30.2 Å². The molecule has 0 bridgehead atoms. The quantitative estimate of drug-likeness (QED) is 0.640. The largest absolute Gasteiger partial charge is 0.489 e. The lowest BCUT2D eigenvalue weighted by atomic mass is 10.2. The number of carbonyl (C=O) groups excluding carboxylic acids is 1. The van der Waals surface area contributed by atoms with E-state index in [2.05, 4.69) is 34.3 Å². The molecule has 6 heteroatoms. The van der Waals surface area contributed by atoms with E-state index in [1.807, 2.05) is 48.5 Å². The molecule has 0 spiro atoms. The Labute approximate surface area is 165 Å². The molecular weight excluding hydrogens is 352 g/mol. The first-order chi connectivity index (χ1) is 13.7. The summed E-state index contributed by atoms with van der Waals surface area (Å²) < 4.78 is 5.75. The predicted molar refractivity (Wildman–Crippen MR) is 111 cm³/mol. The number of hydrogen-bond donors (Lipinski definition) is 1. The van der Waals surface area contributed by atoms with Crippen LogP contribution in [0.3, 0.4) is 0 Å². The van der Waals surface area contributed by atoms with Gasteiger partial charge in [0.2, 0.25) is 0 Å². The van der Waals surface area contributed by atoms with Crippen molar-refractivity contribution in [1.29, 1.82) is 0 Å². The molecule has 1 heterocycles. The smallest absolute Gasteiger partial charge is 0.276 e. The van der Waals surface area contributed by atoms with E-state index in [4.69, 9.17) is 4.74 Å². The van der Waals surface area contributed by atoms with E-state index in [-0.39, 0.29) is 11.6 Å². The maximum atomic E-state index is 12.4. The number of nitrogens with zero attached hydrogens (tertiary/aromatic N) is 3. The molecule has 0 aliphatic heterocycles. The van der Waals surface area contributed by atoms with Crippen LogP contribution < -0.4 is 15.0 Å².